The zero-order valence-corrected chi connectivity index (χ0v) is 14.0. The molecular formula is C12H26O5PS-. The van der Waals surface area contributed by atoms with Crippen molar-refractivity contribution in [3.05, 3.63) is 0 Å². The van der Waals surface area contributed by atoms with E-state index >= 15 is 0 Å². The van der Waals surface area contributed by atoms with Gasteiger partial charge in [0.1, 0.15) is 6.72 Å². The summed E-state index contributed by atoms with van der Waals surface area (Å²) in [4.78, 5) is 11.6. The largest absolute Gasteiger partial charge is 0.780 e. The summed E-state index contributed by atoms with van der Waals surface area (Å²) < 4.78 is 20.6. The van der Waals surface area contributed by atoms with Gasteiger partial charge in [0.2, 0.25) is 0 Å². The van der Waals surface area contributed by atoms with Gasteiger partial charge in [-0.25, -0.2) is 0 Å². The summed E-state index contributed by atoms with van der Waals surface area (Å²) in [7, 11) is 0. The lowest BCUT2D eigenvalue weighted by molar-refractivity contribution is -0.210. The van der Waals surface area contributed by atoms with Crippen LogP contribution in [0.15, 0.2) is 0 Å². The molecule has 1 unspecified atom stereocenters. The van der Waals surface area contributed by atoms with E-state index in [1.54, 1.807) is 13.8 Å². The van der Waals surface area contributed by atoms with Crippen molar-refractivity contribution in [3.63, 3.8) is 0 Å². The van der Waals surface area contributed by atoms with Crippen LogP contribution >= 0.6 is 6.72 Å². The first-order valence-corrected chi connectivity index (χ1v) is 9.18. The van der Waals surface area contributed by atoms with Crippen molar-refractivity contribution in [2.24, 2.45) is 5.92 Å². The van der Waals surface area contributed by atoms with E-state index in [-0.39, 0.29) is 12.7 Å². The Kier molecular flexibility index (Phi) is 11.4. The van der Waals surface area contributed by atoms with Crippen LogP contribution in [0.2, 0.25) is 0 Å². The van der Waals surface area contributed by atoms with Gasteiger partial charge in [-0.05, 0) is 26.2 Å². The summed E-state index contributed by atoms with van der Waals surface area (Å²) in [5, 5.41) is 0. The van der Waals surface area contributed by atoms with Crippen LogP contribution in [0.4, 0.5) is 0 Å². The molecule has 0 heterocycles. The fourth-order valence-electron chi connectivity index (χ4n) is 1.14. The van der Waals surface area contributed by atoms with Gasteiger partial charge >= 0.3 is 0 Å². The molecule has 5 nitrogen and oxygen atoms in total. The number of rotatable bonds is 12. The lowest BCUT2D eigenvalue weighted by Crippen LogP contribution is -2.15. The minimum atomic E-state index is -3.35. The topological polar surface area (TPSA) is 60.0 Å². The maximum Gasteiger partial charge on any atom is 0.115 e. The predicted molar refractivity (Wildman–Crippen MR) is 77.6 cm³/mol. The van der Waals surface area contributed by atoms with Crippen LogP contribution in [-0.2, 0) is 30.3 Å². The highest BCUT2D eigenvalue weighted by Gasteiger charge is 2.06. The molecule has 0 aromatic carbocycles. The van der Waals surface area contributed by atoms with Gasteiger partial charge < -0.3 is 23.4 Å². The maximum atomic E-state index is 11.6. The molecule has 0 saturated heterocycles. The molecule has 0 rings (SSSR count). The molecule has 0 aromatic heterocycles. The van der Waals surface area contributed by atoms with Crippen LogP contribution in [0.5, 0.6) is 0 Å². The van der Waals surface area contributed by atoms with Gasteiger partial charge in [0.05, 0.1) is 32.5 Å². The highest BCUT2D eigenvalue weighted by atomic mass is 32.5. The van der Waals surface area contributed by atoms with E-state index in [0.29, 0.717) is 25.7 Å². The number of hydrogen-bond acceptors (Lipinski definition) is 6. The van der Waals surface area contributed by atoms with E-state index in [2.05, 4.69) is 13.8 Å². The second-order valence-corrected chi connectivity index (χ2v) is 7.55. The van der Waals surface area contributed by atoms with Gasteiger partial charge in [-0.3, -0.25) is 0 Å². The van der Waals surface area contributed by atoms with Crippen LogP contribution in [-0.4, -0.2) is 39.1 Å². The first-order valence-electron chi connectivity index (χ1n) is 6.63. The second kappa shape index (κ2) is 11.1. The average Bonchev–Trinajstić information content (AvgIpc) is 2.24. The van der Waals surface area contributed by atoms with E-state index in [1.165, 1.54) is 0 Å². The average molecular weight is 313 g/mol. The predicted octanol–water partition coefficient (Wildman–Crippen LogP) is 2.09. The van der Waals surface area contributed by atoms with Crippen LogP contribution in [0.3, 0.4) is 0 Å². The quantitative estimate of drug-likeness (QED) is 0.406. The van der Waals surface area contributed by atoms with Gasteiger partial charge in [-0.1, -0.05) is 25.7 Å². The smallest absolute Gasteiger partial charge is 0.115 e. The van der Waals surface area contributed by atoms with Gasteiger partial charge in [-0.2, -0.15) is 0 Å². The first-order chi connectivity index (χ1) is 8.83. The van der Waals surface area contributed by atoms with Crippen LogP contribution in [0, 0.1) is 5.92 Å². The summed E-state index contributed by atoms with van der Waals surface area (Å²) in [5.41, 5.74) is 0. The summed E-state index contributed by atoms with van der Waals surface area (Å²) in [6, 6.07) is 0. The fourth-order valence-corrected chi connectivity index (χ4v) is 2.75. The van der Waals surface area contributed by atoms with Crippen molar-refractivity contribution in [2.45, 2.75) is 40.2 Å². The zero-order chi connectivity index (χ0) is 14.7. The second-order valence-electron chi connectivity index (χ2n) is 4.84. The summed E-state index contributed by atoms with van der Waals surface area (Å²) in [6.45, 7) is 6.77. The van der Waals surface area contributed by atoms with Crippen LogP contribution < -0.4 is 4.89 Å². The monoisotopic (exact) mass is 313 g/mol. The Labute approximate surface area is 121 Å². The summed E-state index contributed by atoms with van der Waals surface area (Å²) >= 11 is 4.71. The molecule has 7 heteroatoms. The summed E-state index contributed by atoms with van der Waals surface area (Å²) in [5.74, 6) is 0.650. The first kappa shape index (κ1) is 19.4. The van der Waals surface area contributed by atoms with E-state index in [1.807, 2.05) is 0 Å². The van der Waals surface area contributed by atoms with E-state index in [0.717, 1.165) is 13.0 Å². The third kappa shape index (κ3) is 14.7. The molecule has 0 aliphatic carbocycles. The van der Waals surface area contributed by atoms with E-state index in [9.17, 15) is 4.89 Å². The SMILES string of the molecule is CC(C)CCOCCOCCOP([O-])(=S)OC(C)C. The highest BCUT2D eigenvalue weighted by Crippen LogP contribution is 2.39. The Bertz CT molecular complexity index is 261. The minimum absolute atomic E-state index is 0.166. The Morgan fingerprint density at radius 3 is 2.00 bits per heavy atom. The Morgan fingerprint density at radius 2 is 1.47 bits per heavy atom. The summed E-state index contributed by atoms with van der Waals surface area (Å²) in [6.07, 6.45) is 0.841. The van der Waals surface area contributed by atoms with Crippen molar-refractivity contribution in [2.75, 3.05) is 33.0 Å². The molecule has 0 radical (unpaired) electrons. The zero-order valence-electron chi connectivity index (χ0n) is 12.3. The Balaban J connectivity index is 3.33. The number of hydrogen-bond donors (Lipinski definition) is 0. The van der Waals surface area contributed by atoms with Gasteiger partial charge in [-0.15, -0.1) is 0 Å². The third-order valence-electron chi connectivity index (χ3n) is 2.03. The molecule has 0 aliphatic rings. The number of ether oxygens (including phenoxy) is 2. The molecule has 0 bridgehead atoms. The molecule has 116 valence electrons. The Morgan fingerprint density at radius 1 is 0.947 bits per heavy atom. The van der Waals surface area contributed by atoms with Crippen molar-refractivity contribution < 1.29 is 23.4 Å². The van der Waals surface area contributed by atoms with Gasteiger partial charge in [0.15, 0.2) is 0 Å². The molecule has 0 saturated carbocycles. The molecule has 0 aliphatic heterocycles. The third-order valence-corrected chi connectivity index (χ3v) is 3.78. The van der Waals surface area contributed by atoms with Crippen LogP contribution in [0.1, 0.15) is 34.1 Å². The molecule has 1 atom stereocenters. The molecule has 0 aromatic rings. The van der Waals surface area contributed by atoms with E-state index in [4.69, 9.17) is 30.3 Å². The minimum Gasteiger partial charge on any atom is -0.780 e. The molecule has 0 N–H and O–H groups in total. The normalized spacial score (nSPS) is 15.1. The molecule has 0 fully saturated rings. The van der Waals surface area contributed by atoms with E-state index < -0.39 is 6.72 Å². The van der Waals surface area contributed by atoms with Crippen molar-refractivity contribution >= 4 is 18.5 Å². The van der Waals surface area contributed by atoms with Crippen molar-refractivity contribution in [1.82, 2.24) is 0 Å². The molecule has 0 spiro atoms. The highest BCUT2D eigenvalue weighted by molar-refractivity contribution is 8.06. The van der Waals surface area contributed by atoms with Gasteiger partial charge in [0.25, 0.3) is 0 Å². The maximum absolute atomic E-state index is 11.6. The fraction of sp³-hybridized carbons (Fsp3) is 1.00. The van der Waals surface area contributed by atoms with Gasteiger partial charge in [0, 0.05) is 6.61 Å². The lowest BCUT2D eigenvalue weighted by atomic mass is 10.1. The van der Waals surface area contributed by atoms with Crippen LogP contribution in [0.25, 0.3) is 0 Å². The molecule has 19 heavy (non-hydrogen) atoms. The molecule has 0 amide bonds. The van der Waals surface area contributed by atoms with Crippen molar-refractivity contribution in [3.8, 4) is 0 Å². The standard InChI is InChI=1S/C12H27O5PS/c1-11(2)5-6-14-7-8-15-9-10-16-18(13,19)17-12(3)4/h11-12H,5-10H2,1-4H3,(H,13,19)/p-1. The van der Waals surface area contributed by atoms with Crippen molar-refractivity contribution in [1.29, 1.82) is 0 Å². The Hall–Kier alpha value is 0.450. The molecular weight excluding hydrogens is 287 g/mol. The lowest BCUT2D eigenvalue weighted by Gasteiger charge is -2.29.